The van der Waals surface area contributed by atoms with Crippen LogP contribution in [0.4, 0.5) is 5.69 Å². The third-order valence-electron chi connectivity index (χ3n) is 3.92. The second kappa shape index (κ2) is 4.59. The van der Waals surface area contributed by atoms with E-state index in [9.17, 15) is 0 Å². The average Bonchev–Trinajstić information content (AvgIpc) is 2.94. The van der Waals surface area contributed by atoms with Gasteiger partial charge in [0.2, 0.25) is 6.79 Å². The van der Waals surface area contributed by atoms with Crippen molar-refractivity contribution in [3.63, 3.8) is 0 Å². The van der Waals surface area contributed by atoms with Gasteiger partial charge in [-0.25, -0.2) is 0 Å². The average molecular weight is 293 g/mol. The van der Waals surface area contributed by atoms with Gasteiger partial charge in [-0.3, -0.25) is 0 Å². The maximum absolute atomic E-state index is 6.17. The van der Waals surface area contributed by atoms with E-state index >= 15 is 0 Å². The van der Waals surface area contributed by atoms with Gasteiger partial charge in [-0.15, -0.1) is 5.10 Å². The molecule has 5 heteroatoms. The van der Waals surface area contributed by atoms with Crippen molar-refractivity contribution < 1.29 is 9.47 Å². The van der Waals surface area contributed by atoms with Crippen LogP contribution in [0.25, 0.3) is 22.0 Å². The van der Waals surface area contributed by atoms with Crippen molar-refractivity contribution in [2.75, 3.05) is 12.5 Å². The normalized spacial score (nSPS) is 12.8. The largest absolute Gasteiger partial charge is 0.454 e. The van der Waals surface area contributed by atoms with Crippen LogP contribution in [0.5, 0.6) is 11.5 Å². The number of nitrogens with zero attached hydrogens (tertiary/aromatic N) is 2. The molecule has 0 saturated carbocycles. The summed E-state index contributed by atoms with van der Waals surface area (Å²) < 4.78 is 10.9. The minimum Gasteiger partial charge on any atom is -0.454 e. The molecule has 1 aliphatic rings. The Morgan fingerprint density at radius 1 is 0.955 bits per heavy atom. The Hall–Kier alpha value is -2.82. The van der Waals surface area contributed by atoms with Crippen molar-refractivity contribution in [2.24, 2.45) is 0 Å². The van der Waals surface area contributed by atoms with E-state index in [0.29, 0.717) is 5.69 Å². The Balaban J connectivity index is 2.04. The van der Waals surface area contributed by atoms with Gasteiger partial charge in [0.05, 0.1) is 5.69 Å². The number of aryl methyl sites for hydroxylation is 2. The van der Waals surface area contributed by atoms with Crippen LogP contribution in [0, 0.1) is 13.8 Å². The zero-order valence-corrected chi connectivity index (χ0v) is 12.4. The number of nitrogen functional groups attached to an aromatic ring is 1. The first kappa shape index (κ1) is 12.9. The molecule has 0 amide bonds. The Kier molecular flexibility index (Phi) is 2.69. The minimum atomic E-state index is 0.244. The van der Waals surface area contributed by atoms with Gasteiger partial charge in [-0.2, -0.15) is 5.10 Å². The highest BCUT2D eigenvalue weighted by Crippen LogP contribution is 2.40. The van der Waals surface area contributed by atoms with Crippen LogP contribution in [0.3, 0.4) is 0 Å². The molecule has 3 aromatic rings. The zero-order valence-electron chi connectivity index (χ0n) is 12.4. The van der Waals surface area contributed by atoms with E-state index in [1.165, 1.54) is 0 Å². The lowest BCUT2D eigenvalue weighted by atomic mass is 10.0. The molecule has 0 atom stereocenters. The zero-order chi connectivity index (χ0) is 15.3. The van der Waals surface area contributed by atoms with Crippen molar-refractivity contribution in [2.45, 2.75) is 13.8 Å². The molecule has 0 saturated heterocycles. The lowest BCUT2D eigenvalue weighted by Gasteiger charge is -2.11. The van der Waals surface area contributed by atoms with Crippen molar-refractivity contribution in [3.05, 3.63) is 41.6 Å². The van der Waals surface area contributed by atoms with Crippen LogP contribution in [0.15, 0.2) is 30.3 Å². The molecule has 0 bridgehead atoms. The van der Waals surface area contributed by atoms with Crippen LogP contribution in [-0.4, -0.2) is 17.0 Å². The highest BCUT2D eigenvalue weighted by Gasteiger charge is 2.19. The predicted octanol–water partition coefficient (Wildman–Crippen LogP) is 3.22. The van der Waals surface area contributed by atoms with Crippen LogP contribution in [0.1, 0.15) is 11.3 Å². The van der Waals surface area contributed by atoms with Gasteiger partial charge in [-0.05, 0) is 37.6 Å². The molecule has 0 spiro atoms. The van der Waals surface area contributed by atoms with E-state index in [2.05, 4.69) is 10.2 Å². The number of hydrogen-bond donors (Lipinski definition) is 1. The molecule has 1 aromatic heterocycles. The van der Waals surface area contributed by atoms with Crippen LogP contribution in [0.2, 0.25) is 0 Å². The Bertz CT molecular complexity index is 906. The molecule has 0 unspecified atom stereocenters. The molecular formula is C17H15N3O2. The summed E-state index contributed by atoms with van der Waals surface area (Å²) in [6, 6.07) is 9.85. The molecule has 2 N–H and O–H groups in total. The van der Waals surface area contributed by atoms with Crippen molar-refractivity contribution >= 4 is 16.5 Å². The van der Waals surface area contributed by atoms with E-state index < -0.39 is 0 Å². The standard InChI is InChI=1S/C17H15N3O2/c1-9-3-4-11(14(18)5-9)17-13-7-16-15(21-8-22-16)6-12(13)10(2)19-20-17/h3-7H,8,18H2,1-2H3. The number of rotatable bonds is 1. The van der Waals surface area contributed by atoms with E-state index in [-0.39, 0.29) is 6.79 Å². The first-order valence-corrected chi connectivity index (χ1v) is 7.06. The number of nitrogens with two attached hydrogens (primary N) is 1. The summed E-state index contributed by atoms with van der Waals surface area (Å²) in [5.74, 6) is 1.47. The van der Waals surface area contributed by atoms with E-state index in [4.69, 9.17) is 15.2 Å². The van der Waals surface area contributed by atoms with Crippen molar-refractivity contribution in [1.82, 2.24) is 10.2 Å². The molecule has 4 rings (SSSR count). The molecule has 110 valence electrons. The molecule has 0 fully saturated rings. The number of anilines is 1. The molecular weight excluding hydrogens is 278 g/mol. The summed E-state index contributed by atoms with van der Waals surface area (Å²) in [6.45, 7) is 4.19. The maximum Gasteiger partial charge on any atom is 0.231 e. The third kappa shape index (κ3) is 1.86. The summed E-state index contributed by atoms with van der Waals surface area (Å²) in [5.41, 5.74) is 10.5. The highest BCUT2D eigenvalue weighted by molar-refractivity contribution is 5.99. The Morgan fingerprint density at radius 2 is 1.68 bits per heavy atom. The van der Waals surface area contributed by atoms with Gasteiger partial charge in [0.25, 0.3) is 0 Å². The third-order valence-corrected chi connectivity index (χ3v) is 3.92. The van der Waals surface area contributed by atoms with Crippen LogP contribution in [-0.2, 0) is 0 Å². The Morgan fingerprint density at radius 3 is 2.41 bits per heavy atom. The van der Waals surface area contributed by atoms with Gasteiger partial charge in [0.15, 0.2) is 11.5 Å². The molecule has 0 radical (unpaired) electrons. The lowest BCUT2D eigenvalue weighted by molar-refractivity contribution is 0.174. The van der Waals surface area contributed by atoms with Crippen LogP contribution >= 0.6 is 0 Å². The first-order valence-electron chi connectivity index (χ1n) is 7.06. The smallest absolute Gasteiger partial charge is 0.231 e. The minimum absolute atomic E-state index is 0.244. The summed E-state index contributed by atoms with van der Waals surface area (Å²) in [6.07, 6.45) is 0. The second-order valence-corrected chi connectivity index (χ2v) is 5.48. The topological polar surface area (TPSA) is 70.3 Å². The molecule has 0 aliphatic carbocycles. The highest BCUT2D eigenvalue weighted by atomic mass is 16.7. The summed E-state index contributed by atoms with van der Waals surface area (Å²) in [5, 5.41) is 10.6. The lowest BCUT2D eigenvalue weighted by Crippen LogP contribution is -1.97. The Labute approximate surface area is 127 Å². The fraction of sp³-hybridized carbons (Fsp3) is 0.176. The van der Waals surface area contributed by atoms with Gasteiger partial charge in [-0.1, -0.05) is 12.1 Å². The molecule has 22 heavy (non-hydrogen) atoms. The molecule has 2 heterocycles. The number of ether oxygens (including phenoxy) is 2. The van der Waals surface area contributed by atoms with Gasteiger partial charge in [0.1, 0.15) is 5.69 Å². The summed E-state index contributed by atoms with van der Waals surface area (Å²) in [4.78, 5) is 0. The van der Waals surface area contributed by atoms with Crippen LogP contribution < -0.4 is 15.2 Å². The number of aromatic nitrogens is 2. The molecule has 5 nitrogen and oxygen atoms in total. The quantitative estimate of drug-likeness (QED) is 0.697. The van der Waals surface area contributed by atoms with Crippen molar-refractivity contribution in [3.8, 4) is 22.8 Å². The van der Waals surface area contributed by atoms with E-state index in [0.717, 1.165) is 44.8 Å². The van der Waals surface area contributed by atoms with E-state index in [1.54, 1.807) is 0 Å². The first-order chi connectivity index (χ1) is 10.6. The fourth-order valence-corrected chi connectivity index (χ4v) is 2.77. The second-order valence-electron chi connectivity index (χ2n) is 5.48. The summed E-state index contributed by atoms with van der Waals surface area (Å²) in [7, 11) is 0. The monoisotopic (exact) mass is 293 g/mol. The fourth-order valence-electron chi connectivity index (χ4n) is 2.77. The van der Waals surface area contributed by atoms with E-state index in [1.807, 2.05) is 44.2 Å². The molecule has 1 aliphatic heterocycles. The SMILES string of the molecule is Cc1ccc(-c2nnc(C)c3cc4c(cc23)OCO4)c(N)c1. The number of hydrogen-bond acceptors (Lipinski definition) is 5. The number of benzene rings is 2. The van der Waals surface area contributed by atoms with Gasteiger partial charge >= 0.3 is 0 Å². The number of fused-ring (bicyclic) bond motifs is 2. The maximum atomic E-state index is 6.17. The molecule has 2 aromatic carbocycles. The van der Waals surface area contributed by atoms with Crippen molar-refractivity contribution in [1.29, 1.82) is 0 Å². The van der Waals surface area contributed by atoms with Gasteiger partial charge in [0, 0.05) is 22.0 Å². The van der Waals surface area contributed by atoms with Gasteiger partial charge < -0.3 is 15.2 Å². The summed E-state index contributed by atoms with van der Waals surface area (Å²) >= 11 is 0. The predicted molar refractivity (Wildman–Crippen MR) is 85.0 cm³/mol.